The van der Waals surface area contributed by atoms with Crippen LogP contribution in [-0.2, 0) is 4.79 Å². The van der Waals surface area contributed by atoms with E-state index in [-0.39, 0.29) is 11.2 Å². The first kappa shape index (κ1) is 8.77. The van der Waals surface area contributed by atoms with Gasteiger partial charge in [0, 0.05) is 17.8 Å². The molecule has 2 aromatic carbocycles. The molecule has 0 bridgehead atoms. The number of benzene rings is 2. The van der Waals surface area contributed by atoms with E-state index in [0.29, 0.717) is 11.8 Å². The minimum absolute atomic E-state index is 0.0298. The van der Waals surface area contributed by atoms with Gasteiger partial charge >= 0.3 is 0 Å². The molecule has 4 rings (SSSR count). The molecule has 2 heteroatoms. The molecule has 1 fully saturated rings. The maximum absolute atomic E-state index is 11.3. The Morgan fingerprint density at radius 3 is 2.06 bits per heavy atom. The van der Waals surface area contributed by atoms with Crippen LogP contribution in [0.3, 0.4) is 0 Å². The van der Waals surface area contributed by atoms with E-state index in [1.54, 1.807) is 0 Å². The number of fused-ring (bicyclic) bond motifs is 3. The minimum Gasteiger partial charge on any atom is -0.281 e. The molecule has 16 heavy (non-hydrogen) atoms. The molecule has 0 aliphatic heterocycles. The molecule has 0 heterocycles. The second kappa shape index (κ2) is 2.67. The standard InChI is InChI=1S/C14H9ClO/c15-14(16)13-11-8-5-1-3-7-4-2-6-9(10(7)8)12(11)13/h1-6,11-13H/t11-,12-/m1/s1. The van der Waals surface area contributed by atoms with E-state index in [4.69, 9.17) is 11.6 Å². The monoisotopic (exact) mass is 228 g/mol. The second-order valence-electron chi connectivity index (χ2n) is 4.67. The molecule has 0 radical (unpaired) electrons. The van der Waals surface area contributed by atoms with E-state index >= 15 is 0 Å². The Labute approximate surface area is 98.0 Å². The molecule has 0 spiro atoms. The lowest BCUT2D eigenvalue weighted by Crippen LogP contribution is -1.97. The number of hydrogen-bond donors (Lipinski definition) is 0. The van der Waals surface area contributed by atoms with Crippen molar-refractivity contribution >= 4 is 27.6 Å². The van der Waals surface area contributed by atoms with Crippen molar-refractivity contribution in [2.45, 2.75) is 11.8 Å². The van der Waals surface area contributed by atoms with Gasteiger partial charge in [0.25, 0.3) is 0 Å². The summed E-state index contributed by atoms with van der Waals surface area (Å²) in [5.74, 6) is 0.736. The summed E-state index contributed by atoms with van der Waals surface area (Å²) in [5.41, 5.74) is 2.63. The molecule has 1 nitrogen and oxygen atoms in total. The SMILES string of the molecule is O=C(Cl)C1[C@@H]2c3cccc4cccc(c34)[C@@H]12. The Hall–Kier alpha value is -1.34. The van der Waals surface area contributed by atoms with Crippen LogP contribution in [0.2, 0.25) is 0 Å². The van der Waals surface area contributed by atoms with Gasteiger partial charge in [-0.25, -0.2) is 0 Å². The summed E-state index contributed by atoms with van der Waals surface area (Å²) in [4.78, 5) is 11.3. The lowest BCUT2D eigenvalue weighted by Gasteiger charge is -2.06. The predicted molar refractivity (Wildman–Crippen MR) is 63.8 cm³/mol. The lowest BCUT2D eigenvalue weighted by atomic mass is 9.98. The molecule has 0 unspecified atom stereocenters. The summed E-state index contributed by atoms with van der Waals surface area (Å²) in [5, 5.41) is 2.46. The van der Waals surface area contributed by atoms with Crippen LogP contribution in [0.25, 0.3) is 10.8 Å². The van der Waals surface area contributed by atoms with Crippen LogP contribution in [0.1, 0.15) is 23.0 Å². The molecule has 2 atom stereocenters. The average Bonchev–Trinajstić information content (AvgIpc) is 2.95. The summed E-state index contributed by atoms with van der Waals surface area (Å²) in [6.07, 6.45) is 0. The highest BCUT2D eigenvalue weighted by atomic mass is 35.5. The number of halogens is 1. The van der Waals surface area contributed by atoms with E-state index in [0.717, 1.165) is 0 Å². The first-order valence-corrected chi connectivity index (χ1v) is 5.88. The third kappa shape index (κ3) is 0.863. The largest absolute Gasteiger partial charge is 0.281 e. The van der Waals surface area contributed by atoms with Crippen molar-refractivity contribution in [2.75, 3.05) is 0 Å². The summed E-state index contributed by atoms with van der Waals surface area (Å²) < 4.78 is 0. The lowest BCUT2D eigenvalue weighted by molar-refractivity contribution is -0.112. The molecule has 78 valence electrons. The van der Waals surface area contributed by atoms with Crippen LogP contribution in [0, 0.1) is 5.92 Å². The fraction of sp³-hybridized carbons (Fsp3) is 0.214. The Bertz CT molecular complexity index is 587. The zero-order chi connectivity index (χ0) is 10.9. The van der Waals surface area contributed by atoms with Crippen molar-refractivity contribution in [3.8, 4) is 0 Å². The van der Waals surface area contributed by atoms with Crippen molar-refractivity contribution in [3.05, 3.63) is 47.5 Å². The van der Waals surface area contributed by atoms with Gasteiger partial charge < -0.3 is 0 Å². The molecular weight excluding hydrogens is 220 g/mol. The molecule has 2 aromatic rings. The van der Waals surface area contributed by atoms with E-state index < -0.39 is 0 Å². The van der Waals surface area contributed by atoms with Gasteiger partial charge in [-0.15, -0.1) is 0 Å². The highest BCUT2D eigenvalue weighted by molar-refractivity contribution is 6.64. The summed E-state index contributed by atoms with van der Waals surface area (Å²) in [7, 11) is 0. The maximum Gasteiger partial charge on any atom is 0.225 e. The van der Waals surface area contributed by atoms with Crippen LogP contribution in [0.5, 0.6) is 0 Å². The highest BCUT2D eigenvalue weighted by Crippen LogP contribution is 2.68. The Morgan fingerprint density at radius 2 is 1.56 bits per heavy atom. The molecule has 0 aromatic heterocycles. The summed E-state index contributed by atoms with van der Waals surface area (Å²) >= 11 is 5.64. The highest BCUT2D eigenvalue weighted by Gasteiger charge is 2.59. The zero-order valence-electron chi connectivity index (χ0n) is 8.48. The van der Waals surface area contributed by atoms with Crippen LogP contribution >= 0.6 is 11.6 Å². The number of hydrogen-bond acceptors (Lipinski definition) is 1. The van der Waals surface area contributed by atoms with E-state index in [1.807, 2.05) is 0 Å². The third-order valence-electron chi connectivity index (χ3n) is 3.97. The quantitative estimate of drug-likeness (QED) is 0.684. The van der Waals surface area contributed by atoms with Gasteiger partial charge in [0.2, 0.25) is 5.24 Å². The molecule has 2 aliphatic carbocycles. The van der Waals surface area contributed by atoms with Crippen molar-refractivity contribution in [3.63, 3.8) is 0 Å². The normalized spacial score (nSPS) is 29.2. The van der Waals surface area contributed by atoms with Gasteiger partial charge in [0.15, 0.2) is 0 Å². The van der Waals surface area contributed by atoms with Crippen molar-refractivity contribution in [2.24, 2.45) is 5.92 Å². The van der Waals surface area contributed by atoms with Gasteiger partial charge in [0.05, 0.1) is 0 Å². The second-order valence-corrected chi connectivity index (χ2v) is 5.05. The van der Waals surface area contributed by atoms with Gasteiger partial charge in [-0.05, 0) is 33.5 Å². The van der Waals surface area contributed by atoms with Crippen molar-refractivity contribution < 1.29 is 4.79 Å². The average molecular weight is 229 g/mol. The number of carbonyl (C=O) groups excluding carboxylic acids is 1. The van der Waals surface area contributed by atoms with Crippen molar-refractivity contribution in [1.82, 2.24) is 0 Å². The number of carbonyl (C=O) groups is 1. The van der Waals surface area contributed by atoms with E-state index in [2.05, 4.69) is 36.4 Å². The fourth-order valence-electron chi connectivity index (χ4n) is 3.32. The van der Waals surface area contributed by atoms with Crippen LogP contribution < -0.4 is 0 Å². The first-order chi connectivity index (χ1) is 7.79. The van der Waals surface area contributed by atoms with Gasteiger partial charge in [-0.1, -0.05) is 36.4 Å². The summed E-state index contributed by atoms with van der Waals surface area (Å²) in [6, 6.07) is 12.7. The number of rotatable bonds is 1. The maximum atomic E-state index is 11.3. The molecule has 1 saturated carbocycles. The van der Waals surface area contributed by atoms with E-state index in [1.165, 1.54) is 21.9 Å². The summed E-state index contributed by atoms with van der Waals surface area (Å²) in [6.45, 7) is 0. The first-order valence-electron chi connectivity index (χ1n) is 5.50. The zero-order valence-corrected chi connectivity index (χ0v) is 9.24. The van der Waals surface area contributed by atoms with E-state index in [9.17, 15) is 4.79 Å². The smallest absolute Gasteiger partial charge is 0.225 e. The Balaban J connectivity index is 2.02. The molecule has 0 amide bonds. The van der Waals surface area contributed by atoms with Gasteiger partial charge in [0.1, 0.15) is 0 Å². The minimum atomic E-state index is -0.179. The molecule has 0 saturated heterocycles. The molecule has 2 aliphatic rings. The predicted octanol–water partition coefficient (Wildman–Crippen LogP) is 3.42. The van der Waals surface area contributed by atoms with Crippen molar-refractivity contribution in [1.29, 1.82) is 0 Å². The topological polar surface area (TPSA) is 17.1 Å². The third-order valence-corrected chi connectivity index (χ3v) is 4.22. The molecular formula is C14H9ClO. The Kier molecular flexibility index (Phi) is 1.46. The fourth-order valence-corrected chi connectivity index (χ4v) is 3.59. The van der Waals surface area contributed by atoms with Crippen LogP contribution in [0.15, 0.2) is 36.4 Å². The Morgan fingerprint density at radius 1 is 1.00 bits per heavy atom. The van der Waals surface area contributed by atoms with Gasteiger partial charge in [-0.3, -0.25) is 4.79 Å². The van der Waals surface area contributed by atoms with Gasteiger partial charge in [-0.2, -0.15) is 0 Å². The van der Waals surface area contributed by atoms with Crippen LogP contribution in [-0.4, -0.2) is 5.24 Å². The molecule has 0 N–H and O–H groups in total. The van der Waals surface area contributed by atoms with Crippen LogP contribution in [0.4, 0.5) is 0 Å².